The van der Waals surface area contributed by atoms with Crippen LogP contribution in [0.5, 0.6) is 5.75 Å². The molecule has 0 radical (unpaired) electrons. The molecule has 0 atom stereocenters. The third kappa shape index (κ3) is 3.94. The number of hydrogen-bond acceptors (Lipinski definition) is 6. The normalized spacial score (nSPS) is 10.7. The standard InChI is InChI=1S/C19H21N3O3S/c1-4-22(12-17-20-18(21-25-17)16-7-6-10-26-16)19(23)14-8-9-15(24-5-2)13(3)11-14/h6-11H,4-5,12H2,1-3H3. The number of hydrogen-bond donors (Lipinski definition) is 0. The van der Waals surface area contributed by atoms with E-state index >= 15 is 0 Å². The van der Waals surface area contributed by atoms with Crippen molar-refractivity contribution in [1.82, 2.24) is 15.0 Å². The Morgan fingerprint density at radius 2 is 2.15 bits per heavy atom. The second-order valence-electron chi connectivity index (χ2n) is 5.72. The maximum absolute atomic E-state index is 12.8. The van der Waals surface area contributed by atoms with E-state index in [1.165, 1.54) is 0 Å². The summed E-state index contributed by atoms with van der Waals surface area (Å²) >= 11 is 1.55. The zero-order valence-corrected chi connectivity index (χ0v) is 15.9. The first-order valence-corrected chi connectivity index (χ1v) is 9.39. The summed E-state index contributed by atoms with van der Waals surface area (Å²) in [7, 11) is 0. The molecule has 0 saturated heterocycles. The number of aryl methyl sites for hydroxylation is 1. The maximum Gasteiger partial charge on any atom is 0.254 e. The fraction of sp³-hybridized carbons (Fsp3) is 0.316. The zero-order valence-electron chi connectivity index (χ0n) is 15.1. The molecule has 0 aliphatic heterocycles. The van der Waals surface area contributed by atoms with Gasteiger partial charge in [-0.15, -0.1) is 11.3 Å². The Bertz CT molecular complexity index is 874. The molecule has 1 amide bonds. The van der Waals surface area contributed by atoms with Gasteiger partial charge in [-0.1, -0.05) is 11.2 Å². The van der Waals surface area contributed by atoms with Crippen LogP contribution < -0.4 is 4.74 Å². The first-order chi connectivity index (χ1) is 12.6. The van der Waals surface area contributed by atoms with Crippen LogP contribution in [0.25, 0.3) is 10.7 Å². The minimum atomic E-state index is -0.0745. The van der Waals surface area contributed by atoms with E-state index in [1.807, 2.05) is 50.4 Å². The number of thiophene rings is 1. The molecule has 2 aromatic heterocycles. The van der Waals surface area contributed by atoms with Gasteiger partial charge in [0.15, 0.2) is 0 Å². The lowest BCUT2D eigenvalue weighted by Crippen LogP contribution is -2.30. The topological polar surface area (TPSA) is 68.5 Å². The van der Waals surface area contributed by atoms with Gasteiger partial charge in [0.1, 0.15) is 12.3 Å². The molecule has 136 valence electrons. The minimum Gasteiger partial charge on any atom is -0.494 e. The first-order valence-electron chi connectivity index (χ1n) is 8.51. The van der Waals surface area contributed by atoms with Crippen molar-refractivity contribution in [3.8, 4) is 16.5 Å². The molecule has 0 saturated carbocycles. The maximum atomic E-state index is 12.8. The summed E-state index contributed by atoms with van der Waals surface area (Å²) in [6.45, 7) is 7.21. The lowest BCUT2D eigenvalue weighted by Gasteiger charge is -2.19. The van der Waals surface area contributed by atoms with E-state index in [-0.39, 0.29) is 12.5 Å². The molecule has 26 heavy (non-hydrogen) atoms. The Morgan fingerprint density at radius 1 is 1.31 bits per heavy atom. The van der Waals surface area contributed by atoms with Crippen molar-refractivity contribution in [2.45, 2.75) is 27.3 Å². The molecule has 0 aliphatic rings. The fourth-order valence-corrected chi connectivity index (χ4v) is 3.25. The van der Waals surface area contributed by atoms with Crippen molar-refractivity contribution in [2.24, 2.45) is 0 Å². The first kappa shape index (κ1) is 18.1. The lowest BCUT2D eigenvalue weighted by molar-refractivity contribution is 0.0734. The summed E-state index contributed by atoms with van der Waals surface area (Å²) in [5.74, 6) is 1.70. The zero-order chi connectivity index (χ0) is 18.5. The third-order valence-corrected chi connectivity index (χ3v) is 4.79. The number of rotatable bonds is 7. The molecule has 1 aromatic carbocycles. The van der Waals surface area contributed by atoms with Gasteiger partial charge in [0, 0.05) is 12.1 Å². The van der Waals surface area contributed by atoms with Gasteiger partial charge in [-0.2, -0.15) is 4.98 Å². The van der Waals surface area contributed by atoms with E-state index in [0.29, 0.717) is 30.4 Å². The number of carbonyl (C=O) groups excluding carboxylic acids is 1. The SMILES string of the molecule is CCOc1ccc(C(=O)N(CC)Cc2nc(-c3cccs3)no2)cc1C. The van der Waals surface area contributed by atoms with Gasteiger partial charge < -0.3 is 14.2 Å². The van der Waals surface area contributed by atoms with Gasteiger partial charge in [0.05, 0.1) is 11.5 Å². The number of aromatic nitrogens is 2. The van der Waals surface area contributed by atoms with Gasteiger partial charge >= 0.3 is 0 Å². The number of amides is 1. The second kappa shape index (κ2) is 8.14. The summed E-state index contributed by atoms with van der Waals surface area (Å²) in [6.07, 6.45) is 0. The third-order valence-electron chi connectivity index (χ3n) is 3.93. The predicted octanol–water partition coefficient (Wildman–Crippen LogP) is 4.17. The molecule has 0 N–H and O–H groups in total. The van der Waals surface area contributed by atoms with E-state index < -0.39 is 0 Å². The second-order valence-corrected chi connectivity index (χ2v) is 6.67. The number of nitrogens with zero attached hydrogens (tertiary/aromatic N) is 3. The van der Waals surface area contributed by atoms with E-state index in [4.69, 9.17) is 9.26 Å². The van der Waals surface area contributed by atoms with Crippen molar-refractivity contribution in [2.75, 3.05) is 13.2 Å². The van der Waals surface area contributed by atoms with Crippen LogP contribution in [0.15, 0.2) is 40.2 Å². The Balaban J connectivity index is 1.74. The Kier molecular flexibility index (Phi) is 5.68. The summed E-state index contributed by atoms with van der Waals surface area (Å²) in [5, 5.41) is 5.95. The molecule has 0 unspecified atom stereocenters. The Morgan fingerprint density at radius 3 is 2.81 bits per heavy atom. The molecule has 0 bridgehead atoms. The highest BCUT2D eigenvalue weighted by Gasteiger charge is 2.19. The minimum absolute atomic E-state index is 0.0745. The Labute approximate surface area is 156 Å². The van der Waals surface area contributed by atoms with E-state index in [2.05, 4.69) is 10.1 Å². The van der Waals surface area contributed by atoms with Crippen LogP contribution in [-0.4, -0.2) is 34.1 Å². The highest BCUT2D eigenvalue weighted by Crippen LogP contribution is 2.23. The molecule has 0 fully saturated rings. The van der Waals surface area contributed by atoms with Crippen LogP contribution in [0.2, 0.25) is 0 Å². The lowest BCUT2D eigenvalue weighted by atomic mass is 10.1. The average Bonchev–Trinajstić information content (AvgIpc) is 3.32. The van der Waals surface area contributed by atoms with Crippen molar-refractivity contribution in [3.05, 3.63) is 52.7 Å². The highest BCUT2D eigenvalue weighted by atomic mass is 32.1. The molecule has 0 spiro atoms. The molecular formula is C19H21N3O3S. The number of benzene rings is 1. The molecule has 3 rings (SSSR count). The summed E-state index contributed by atoms with van der Waals surface area (Å²) < 4.78 is 10.8. The molecule has 7 heteroatoms. The van der Waals surface area contributed by atoms with Crippen LogP contribution in [0.1, 0.15) is 35.7 Å². The number of ether oxygens (including phenoxy) is 1. The van der Waals surface area contributed by atoms with Gasteiger partial charge in [-0.25, -0.2) is 0 Å². The van der Waals surface area contributed by atoms with Crippen LogP contribution >= 0.6 is 11.3 Å². The summed E-state index contributed by atoms with van der Waals surface area (Å²) in [6, 6.07) is 9.34. The molecule has 2 heterocycles. The fourth-order valence-electron chi connectivity index (χ4n) is 2.60. The monoisotopic (exact) mass is 371 g/mol. The van der Waals surface area contributed by atoms with E-state index in [1.54, 1.807) is 22.3 Å². The van der Waals surface area contributed by atoms with Crippen LogP contribution in [-0.2, 0) is 6.54 Å². The average molecular weight is 371 g/mol. The van der Waals surface area contributed by atoms with Gasteiger partial charge in [0.2, 0.25) is 11.7 Å². The molecular weight excluding hydrogens is 350 g/mol. The van der Waals surface area contributed by atoms with Gasteiger partial charge in [-0.3, -0.25) is 4.79 Å². The Hall–Kier alpha value is -2.67. The van der Waals surface area contributed by atoms with Crippen molar-refractivity contribution in [3.63, 3.8) is 0 Å². The van der Waals surface area contributed by atoms with Crippen molar-refractivity contribution >= 4 is 17.2 Å². The molecule has 3 aromatic rings. The summed E-state index contributed by atoms with van der Waals surface area (Å²) in [4.78, 5) is 19.8. The van der Waals surface area contributed by atoms with Crippen molar-refractivity contribution < 1.29 is 14.1 Å². The van der Waals surface area contributed by atoms with Gasteiger partial charge in [0.25, 0.3) is 5.91 Å². The smallest absolute Gasteiger partial charge is 0.254 e. The van der Waals surface area contributed by atoms with E-state index in [9.17, 15) is 4.79 Å². The quantitative estimate of drug-likeness (QED) is 0.623. The van der Waals surface area contributed by atoms with Crippen LogP contribution in [0.4, 0.5) is 0 Å². The predicted molar refractivity (Wildman–Crippen MR) is 100 cm³/mol. The van der Waals surface area contributed by atoms with Crippen molar-refractivity contribution in [1.29, 1.82) is 0 Å². The van der Waals surface area contributed by atoms with E-state index in [0.717, 1.165) is 16.2 Å². The van der Waals surface area contributed by atoms with Crippen LogP contribution in [0.3, 0.4) is 0 Å². The number of carbonyl (C=O) groups is 1. The highest BCUT2D eigenvalue weighted by molar-refractivity contribution is 7.13. The van der Waals surface area contributed by atoms with Crippen LogP contribution in [0, 0.1) is 6.92 Å². The largest absolute Gasteiger partial charge is 0.494 e. The molecule has 6 nitrogen and oxygen atoms in total. The molecule has 0 aliphatic carbocycles. The van der Waals surface area contributed by atoms with Gasteiger partial charge in [-0.05, 0) is 56.0 Å². The summed E-state index contributed by atoms with van der Waals surface area (Å²) in [5.41, 5.74) is 1.55.